The van der Waals surface area contributed by atoms with E-state index < -0.39 is 0 Å². The van der Waals surface area contributed by atoms with Gasteiger partial charge in [0, 0.05) is 25.1 Å². The molecule has 21 heavy (non-hydrogen) atoms. The first-order valence-electron chi connectivity index (χ1n) is 7.44. The van der Waals surface area contributed by atoms with Gasteiger partial charge in [-0.05, 0) is 42.9 Å². The lowest BCUT2D eigenvalue weighted by Crippen LogP contribution is -2.41. The number of rotatable bonds is 7. The minimum atomic E-state index is -0.238. The van der Waals surface area contributed by atoms with Crippen LogP contribution in [0.25, 0.3) is 0 Å². The maximum atomic E-state index is 13.0. The third-order valence-corrected chi connectivity index (χ3v) is 4.13. The molecule has 116 valence electrons. The molecule has 1 aromatic carbocycles. The van der Waals surface area contributed by atoms with Crippen molar-refractivity contribution in [1.82, 2.24) is 10.6 Å². The van der Waals surface area contributed by atoms with E-state index in [1.54, 1.807) is 12.1 Å². The van der Waals surface area contributed by atoms with Gasteiger partial charge < -0.3 is 15.7 Å². The van der Waals surface area contributed by atoms with Gasteiger partial charge in [-0.2, -0.15) is 0 Å². The number of amides is 2. The second kappa shape index (κ2) is 6.89. The summed E-state index contributed by atoms with van der Waals surface area (Å²) < 4.78 is 13.0. The van der Waals surface area contributed by atoms with Crippen LogP contribution < -0.4 is 10.6 Å². The van der Waals surface area contributed by atoms with E-state index in [0.29, 0.717) is 19.5 Å². The molecule has 1 aliphatic carbocycles. The van der Waals surface area contributed by atoms with Crippen LogP contribution in [0.5, 0.6) is 0 Å². The number of urea groups is 1. The number of carbonyl (C=O) groups is 1. The van der Waals surface area contributed by atoms with Gasteiger partial charge in [0.05, 0.1) is 0 Å². The highest BCUT2D eigenvalue weighted by Crippen LogP contribution is 2.47. The molecule has 1 unspecified atom stereocenters. The van der Waals surface area contributed by atoms with E-state index >= 15 is 0 Å². The van der Waals surface area contributed by atoms with E-state index in [-0.39, 0.29) is 29.8 Å². The van der Waals surface area contributed by atoms with Crippen LogP contribution in [0.1, 0.15) is 31.7 Å². The van der Waals surface area contributed by atoms with Crippen LogP contribution in [0.3, 0.4) is 0 Å². The van der Waals surface area contributed by atoms with Gasteiger partial charge in [-0.1, -0.05) is 19.1 Å². The van der Waals surface area contributed by atoms with Crippen LogP contribution >= 0.6 is 0 Å². The Bertz CT molecular complexity index is 472. The lowest BCUT2D eigenvalue weighted by atomic mass is 9.96. The number of nitrogens with one attached hydrogen (secondary N) is 2. The van der Waals surface area contributed by atoms with Crippen LogP contribution in [0, 0.1) is 11.7 Å². The van der Waals surface area contributed by atoms with E-state index in [0.717, 1.165) is 18.4 Å². The number of halogens is 1. The number of hydrogen-bond acceptors (Lipinski definition) is 2. The quantitative estimate of drug-likeness (QED) is 0.722. The van der Waals surface area contributed by atoms with Gasteiger partial charge in [0.25, 0.3) is 0 Å². The molecule has 5 heteroatoms. The molecule has 0 aliphatic heterocycles. The second-order valence-electron chi connectivity index (χ2n) is 5.97. The number of aliphatic hydroxyl groups is 1. The first kappa shape index (κ1) is 15.8. The predicted octanol–water partition coefficient (Wildman–Crippen LogP) is 2.17. The molecule has 2 amide bonds. The summed E-state index contributed by atoms with van der Waals surface area (Å²) in [6.45, 7) is 3.24. The van der Waals surface area contributed by atoms with E-state index in [4.69, 9.17) is 5.11 Å². The van der Waals surface area contributed by atoms with Crippen molar-refractivity contribution in [3.8, 4) is 0 Å². The lowest BCUT2D eigenvalue weighted by molar-refractivity contribution is 0.233. The molecule has 0 bridgehead atoms. The summed E-state index contributed by atoms with van der Waals surface area (Å²) in [5.74, 6) is 0.0193. The number of hydrogen-bond donors (Lipinski definition) is 3. The van der Waals surface area contributed by atoms with Gasteiger partial charge in [0.15, 0.2) is 0 Å². The fraction of sp³-hybridized carbons (Fsp3) is 0.562. The third-order valence-electron chi connectivity index (χ3n) is 4.13. The molecule has 0 aromatic heterocycles. The van der Waals surface area contributed by atoms with Gasteiger partial charge in [0.1, 0.15) is 5.82 Å². The van der Waals surface area contributed by atoms with Crippen molar-refractivity contribution in [1.29, 1.82) is 0 Å². The van der Waals surface area contributed by atoms with Gasteiger partial charge in [-0.25, -0.2) is 9.18 Å². The SMILES string of the molecule is CC(CCO)CNC(=O)NCC1(c2ccc(F)cc2)CC1. The highest BCUT2D eigenvalue weighted by molar-refractivity contribution is 5.74. The van der Waals surface area contributed by atoms with Crippen LogP contribution in [0.2, 0.25) is 0 Å². The molecule has 1 saturated carbocycles. The maximum absolute atomic E-state index is 13.0. The monoisotopic (exact) mass is 294 g/mol. The Morgan fingerprint density at radius 1 is 1.33 bits per heavy atom. The smallest absolute Gasteiger partial charge is 0.314 e. The Kier molecular flexibility index (Phi) is 5.17. The Balaban J connectivity index is 1.77. The largest absolute Gasteiger partial charge is 0.396 e. The van der Waals surface area contributed by atoms with Gasteiger partial charge in [-0.3, -0.25) is 0 Å². The summed E-state index contributed by atoms with van der Waals surface area (Å²) in [4.78, 5) is 11.8. The van der Waals surface area contributed by atoms with Gasteiger partial charge in [-0.15, -0.1) is 0 Å². The average Bonchev–Trinajstić information content (AvgIpc) is 3.25. The van der Waals surface area contributed by atoms with Crippen molar-refractivity contribution in [3.05, 3.63) is 35.6 Å². The van der Waals surface area contributed by atoms with Crippen molar-refractivity contribution in [2.45, 2.75) is 31.6 Å². The average molecular weight is 294 g/mol. The van der Waals surface area contributed by atoms with Crippen LogP contribution in [0.4, 0.5) is 9.18 Å². The third kappa shape index (κ3) is 4.43. The zero-order valence-electron chi connectivity index (χ0n) is 12.4. The molecule has 4 nitrogen and oxygen atoms in total. The highest BCUT2D eigenvalue weighted by atomic mass is 19.1. The second-order valence-corrected chi connectivity index (χ2v) is 5.97. The maximum Gasteiger partial charge on any atom is 0.314 e. The van der Waals surface area contributed by atoms with Crippen molar-refractivity contribution in [2.24, 2.45) is 5.92 Å². The van der Waals surface area contributed by atoms with Crippen molar-refractivity contribution < 1.29 is 14.3 Å². The zero-order chi connectivity index (χ0) is 15.3. The summed E-state index contributed by atoms with van der Waals surface area (Å²) in [5.41, 5.74) is 1.06. The first-order valence-corrected chi connectivity index (χ1v) is 7.44. The molecule has 1 aliphatic rings. The molecule has 3 N–H and O–H groups in total. The number of benzene rings is 1. The summed E-state index contributed by atoms with van der Waals surface area (Å²) in [6, 6.07) is 6.34. The Hall–Kier alpha value is -1.62. The normalized spacial score (nSPS) is 17.1. The van der Waals surface area contributed by atoms with Crippen LogP contribution in [0.15, 0.2) is 24.3 Å². The Labute approximate surface area is 124 Å². The van der Waals surface area contributed by atoms with Gasteiger partial charge in [0.2, 0.25) is 0 Å². The van der Waals surface area contributed by atoms with E-state index in [1.165, 1.54) is 12.1 Å². The minimum absolute atomic E-state index is 0.0260. The molecular formula is C16H23FN2O2. The Morgan fingerprint density at radius 3 is 2.57 bits per heavy atom. The molecular weight excluding hydrogens is 271 g/mol. The Morgan fingerprint density at radius 2 is 2.00 bits per heavy atom. The predicted molar refractivity (Wildman–Crippen MR) is 79.6 cm³/mol. The molecule has 0 spiro atoms. The molecule has 0 saturated heterocycles. The fourth-order valence-corrected chi connectivity index (χ4v) is 2.42. The standard InChI is InChI=1S/C16H23FN2O2/c1-12(6-9-20)10-18-15(21)19-11-16(7-8-16)13-2-4-14(17)5-3-13/h2-5,12,20H,6-11H2,1H3,(H2,18,19,21). The summed E-state index contributed by atoms with van der Waals surface area (Å²) in [6.07, 6.45) is 2.71. The molecule has 0 radical (unpaired) electrons. The topological polar surface area (TPSA) is 61.4 Å². The number of aliphatic hydroxyl groups excluding tert-OH is 1. The molecule has 2 rings (SSSR count). The van der Waals surface area contributed by atoms with E-state index in [2.05, 4.69) is 10.6 Å². The molecule has 1 fully saturated rings. The van der Waals surface area contributed by atoms with Crippen molar-refractivity contribution in [2.75, 3.05) is 19.7 Å². The summed E-state index contributed by atoms with van der Waals surface area (Å²) >= 11 is 0. The summed E-state index contributed by atoms with van der Waals surface area (Å²) in [7, 11) is 0. The minimum Gasteiger partial charge on any atom is -0.396 e. The van der Waals surface area contributed by atoms with E-state index in [9.17, 15) is 9.18 Å². The fourth-order valence-electron chi connectivity index (χ4n) is 2.42. The first-order chi connectivity index (χ1) is 10.1. The zero-order valence-corrected chi connectivity index (χ0v) is 12.4. The van der Waals surface area contributed by atoms with E-state index in [1.807, 2.05) is 6.92 Å². The van der Waals surface area contributed by atoms with Gasteiger partial charge >= 0.3 is 6.03 Å². The molecule has 0 heterocycles. The summed E-state index contributed by atoms with van der Waals surface area (Å²) in [5, 5.41) is 14.5. The number of carbonyl (C=O) groups excluding carboxylic acids is 1. The molecule has 1 aromatic rings. The van der Waals surface area contributed by atoms with Crippen molar-refractivity contribution >= 4 is 6.03 Å². The van der Waals surface area contributed by atoms with Crippen molar-refractivity contribution in [3.63, 3.8) is 0 Å². The molecule has 1 atom stereocenters. The van der Waals surface area contributed by atoms with Crippen LogP contribution in [-0.4, -0.2) is 30.8 Å². The lowest BCUT2D eigenvalue weighted by Gasteiger charge is -2.18. The highest BCUT2D eigenvalue weighted by Gasteiger charge is 2.44. The van der Waals surface area contributed by atoms with Crippen LogP contribution in [-0.2, 0) is 5.41 Å².